The number of halogens is 1. The summed E-state index contributed by atoms with van der Waals surface area (Å²) in [5, 5.41) is 8.41. The Kier molecular flexibility index (Phi) is 5.68. The summed E-state index contributed by atoms with van der Waals surface area (Å²) in [6, 6.07) is 5.34. The quantitative estimate of drug-likeness (QED) is 0.472. The minimum absolute atomic E-state index is 0.156. The van der Waals surface area contributed by atoms with Crippen molar-refractivity contribution < 1.29 is 14.6 Å². The van der Waals surface area contributed by atoms with Gasteiger partial charge in [0.1, 0.15) is 0 Å². The van der Waals surface area contributed by atoms with Crippen molar-refractivity contribution in [3.8, 4) is 0 Å². The predicted octanol–water partition coefficient (Wildman–Crippen LogP) is 2.16. The molecule has 5 heteroatoms. The van der Waals surface area contributed by atoms with Crippen molar-refractivity contribution in [3.05, 3.63) is 35.4 Å². The highest BCUT2D eigenvalue weighted by Gasteiger charge is 2.08. The zero-order valence-electron chi connectivity index (χ0n) is 10.1. The fourth-order valence-electron chi connectivity index (χ4n) is 1.55. The number of carboxylic acids is 1. The summed E-state index contributed by atoms with van der Waals surface area (Å²) in [4.78, 5) is 10.4. The molecule has 0 spiro atoms. The summed E-state index contributed by atoms with van der Waals surface area (Å²) in [7, 11) is 1.59. The molecule has 4 nitrogen and oxygen atoms in total. The van der Waals surface area contributed by atoms with Gasteiger partial charge in [0.2, 0.25) is 0 Å². The molecule has 1 rings (SSSR count). The number of aliphatic carboxylic acids is 1. The number of hydrogen-bond acceptors (Lipinski definition) is 3. The van der Waals surface area contributed by atoms with Crippen LogP contribution >= 0.6 is 11.6 Å². The summed E-state index contributed by atoms with van der Waals surface area (Å²) >= 11 is 6.07. The smallest absolute Gasteiger partial charge is 0.328 e. The Labute approximate surface area is 111 Å². The Hall–Kier alpha value is -1.52. The summed E-state index contributed by atoms with van der Waals surface area (Å²) in [6.45, 7) is 0.441. The maximum atomic E-state index is 10.4. The third-order valence-electron chi connectivity index (χ3n) is 2.37. The maximum Gasteiger partial charge on any atom is 0.328 e. The number of anilines is 1. The van der Waals surface area contributed by atoms with Gasteiger partial charge in [0.15, 0.2) is 0 Å². The molecule has 0 saturated carbocycles. The minimum atomic E-state index is -0.983. The molecule has 1 aromatic carbocycles. The molecule has 1 aromatic rings. The van der Waals surface area contributed by atoms with Crippen molar-refractivity contribution in [2.24, 2.45) is 0 Å². The van der Waals surface area contributed by atoms with Crippen LogP contribution in [0.1, 0.15) is 11.1 Å². The number of carbonyl (C=O) groups is 1. The first-order valence-electron chi connectivity index (χ1n) is 5.45. The number of nitrogens with two attached hydrogens (primary N) is 1. The third-order valence-corrected chi connectivity index (χ3v) is 2.65. The van der Waals surface area contributed by atoms with Crippen molar-refractivity contribution >= 4 is 29.3 Å². The highest BCUT2D eigenvalue weighted by Crippen LogP contribution is 2.19. The Bertz CT molecular complexity index is 446. The van der Waals surface area contributed by atoms with Crippen LogP contribution in [-0.4, -0.2) is 30.2 Å². The lowest BCUT2D eigenvalue weighted by Crippen LogP contribution is -2.12. The second-order valence-electron chi connectivity index (χ2n) is 3.89. The number of benzene rings is 1. The summed E-state index contributed by atoms with van der Waals surface area (Å²) in [5.41, 5.74) is 8.16. The Balaban J connectivity index is 2.84. The van der Waals surface area contributed by atoms with Crippen LogP contribution in [0.15, 0.2) is 24.3 Å². The molecular weight excluding hydrogens is 254 g/mol. The van der Waals surface area contributed by atoms with E-state index in [1.54, 1.807) is 19.2 Å². The van der Waals surface area contributed by atoms with E-state index in [9.17, 15) is 4.79 Å². The first kappa shape index (κ1) is 14.5. The molecule has 3 N–H and O–H groups in total. The van der Waals surface area contributed by atoms with Gasteiger partial charge in [0.05, 0.1) is 12.0 Å². The van der Waals surface area contributed by atoms with E-state index < -0.39 is 5.97 Å². The molecule has 1 unspecified atom stereocenters. The van der Waals surface area contributed by atoms with Gasteiger partial charge in [-0.2, -0.15) is 0 Å². The lowest BCUT2D eigenvalue weighted by molar-refractivity contribution is -0.131. The Morgan fingerprint density at radius 3 is 2.94 bits per heavy atom. The number of nitrogen functional groups attached to an aromatic ring is 1. The SMILES string of the molecule is COCC(Cl)Cc1cc(C=CC(=O)O)ccc1N. The van der Waals surface area contributed by atoms with Crippen LogP contribution < -0.4 is 5.73 Å². The molecule has 18 heavy (non-hydrogen) atoms. The fourth-order valence-corrected chi connectivity index (χ4v) is 1.84. The second-order valence-corrected chi connectivity index (χ2v) is 4.50. The van der Waals surface area contributed by atoms with Gasteiger partial charge in [-0.05, 0) is 35.8 Å². The van der Waals surface area contributed by atoms with Gasteiger partial charge in [0, 0.05) is 18.9 Å². The topological polar surface area (TPSA) is 72.5 Å². The maximum absolute atomic E-state index is 10.4. The first-order chi connectivity index (χ1) is 8.52. The molecule has 0 aliphatic carbocycles. The standard InChI is InChI=1S/C13H16ClNO3/c1-18-8-11(14)7-10-6-9(2-4-12(10)15)3-5-13(16)17/h2-6,11H,7-8,15H2,1H3,(H,16,17). The minimum Gasteiger partial charge on any atom is -0.478 e. The fraction of sp³-hybridized carbons (Fsp3) is 0.308. The average molecular weight is 270 g/mol. The van der Waals surface area contributed by atoms with Gasteiger partial charge in [-0.15, -0.1) is 11.6 Å². The van der Waals surface area contributed by atoms with Crippen molar-refractivity contribution in [1.82, 2.24) is 0 Å². The molecule has 0 bridgehead atoms. The van der Waals surface area contributed by atoms with E-state index in [1.165, 1.54) is 6.08 Å². The van der Waals surface area contributed by atoms with Gasteiger partial charge < -0.3 is 15.6 Å². The number of hydrogen-bond donors (Lipinski definition) is 2. The lowest BCUT2D eigenvalue weighted by Gasteiger charge is -2.11. The van der Waals surface area contributed by atoms with Crippen LogP contribution in [0.4, 0.5) is 5.69 Å². The molecule has 0 fully saturated rings. The lowest BCUT2D eigenvalue weighted by atomic mass is 10.0. The average Bonchev–Trinajstić information content (AvgIpc) is 2.30. The van der Waals surface area contributed by atoms with E-state index >= 15 is 0 Å². The zero-order chi connectivity index (χ0) is 13.5. The summed E-state index contributed by atoms with van der Waals surface area (Å²) < 4.78 is 4.96. The van der Waals surface area contributed by atoms with E-state index in [4.69, 9.17) is 27.2 Å². The number of carboxylic acid groups (broad SMARTS) is 1. The number of alkyl halides is 1. The highest BCUT2D eigenvalue weighted by molar-refractivity contribution is 6.20. The van der Waals surface area contributed by atoms with E-state index in [2.05, 4.69) is 0 Å². The molecule has 1 atom stereocenters. The molecule has 0 saturated heterocycles. The van der Waals surface area contributed by atoms with Crippen LogP contribution in [-0.2, 0) is 16.0 Å². The number of ether oxygens (including phenoxy) is 1. The van der Waals surface area contributed by atoms with Crippen molar-refractivity contribution in [1.29, 1.82) is 0 Å². The highest BCUT2D eigenvalue weighted by atomic mass is 35.5. The Morgan fingerprint density at radius 2 is 2.33 bits per heavy atom. The van der Waals surface area contributed by atoms with E-state index in [-0.39, 0.29) is 5.38 Å². The van der Waals surface area contributed by atoms with Crippen LogP contribution in [0, 0.1) is 0 Å². The number of methoxy groups -OCH3 is 1. The molecule has 0 heterocycles. The zero-order valence-corrected chi connectivity index (χ0v) is 10.9. The molecule has 0 amide bonds. The van der Waals surface area contributed by atoms with Crippen molar-refractivity contribution in [2.45, 2.75) is 11.8 Å². The van der Waals surface area contributed by atoms with Crippen LogP contribution in [0.2, 0.25) is 0 Å². The van der Waals surface area contributed by atoms with Crippen LogP contribution in [0.25, 0.3) is 6.08 Å². The van der Waals surface area contributed by atoms with Gasteiger partial charge in [0.25, 0.3) is 0 Å². The normalized spacial score (nSPS) is 12.8. The van der Waals surface area contributed by atoms with Gasteiger partial charge in [-0.25, -0.2) is 4.79 Å². The largest absolute Gasteiger partial charge is 0.478 e. The van der Waals surface area contributed by atoms with Gasteiger partial charge in [-0.3, -0.25) is 0 Å². The summed E-state index contributed by atoms with van der Waals surface area (Å²) in [5.74, 6) is -0.983. The van der Waals surface area contributed by atoms with E-state index in [1.807, 2.05) is 6.07 Å². The summed E-state index contributed by atoms with van der Waals surface area (Å²) in [6.07, 6.45) is 3.18. The molecule has 0 aliphatic rings. The second kappa shape index (κ2) is 7.03. The van der Waals surface area contributed by atoms with E-state index in [0.717, 1.165) is 17.2 Å². The molecule has 0 aliphatic heterocycles. The number of rotatable bonds is 6. The van der Waals surface area contributed by atoms with Crippen molar-refractivity contribution in [2.75, 3.05) is 19.5 Å². The van der Waals surface area contributed by atoms with E-state index in [0.29, 0.717) is 18.7 Å². The molecule has 0 aromatic heterocycles. The Morgan fingerprint density at radius 1 is 1.61 bits per heavy atom. The van der Waals surface area contributed by atoms with Crippen molar-refractivity contribution in [3.63, 3.8) is 0 Å². The molecule has 0 radical (unpaired) electrons. The first-order valence-corrected chi connectivity index (χ1v) is 5.89. The van der Waals surface area contributed by atoms with Crippen LogP contribution in [0.5, 0.6) is 0 Å². The molecular formula is C13H16ClNO3. The molecule has 98 valence electrons. The van der Waals surface area contributed by atoms with Crippen LogP contribution in [0.3, 0.4) is 0 Å². The monoisotopic (exact) mass is 269 g/mol. The van der Waals surface area contributed by atoms with Gasteiger partial charge >= 0.3 is 5.97 Å². The van der Waals surface area contributed by atoms with Gasteiger partial charge in [-0.1, -0.05) is 6.07 Å². The third kappa shape index (κ3) is 4.77. The predicted molar refractivity (Wildman–Crippen MR) is 72.7 cm³/mol.